The minimum atomic E-state index is 0.624. The SMILES string of the molecule is c1ccc(-c2nc(-c3ccccc3)nc(-c3cc(-n4c5ccccc5c5c(-c6ccccc6)cccc54)c4c5ccccc5c5ccccc5c4c3)n2)cc1. The van der Waals surface area contributed by atoms with Gasteiger partial charge in [0.2, 0.25) is 0 Å². The molecule has 0 aliphatic carbocycles. The van der Waals surface area contributed by atoms with Gasteiger partial charge >= 0.3 is 0 Å². The van der Waals surface area contributed by atoms with Gasteiger partial charge in [-0.1, -0.05) is 170 Å². The summed E-state index contributed by atoms with van der Waals surface area (Å²) in [5, 5.41) is 9.60. The van der Waals surface area contributed by atoms with Crippen LogP contribution in [0.3, 0.4) is 0 Å². The molecule has 0 unspecified atom stereocenters. The molecule has 2 aromatic heterocycles. The summed E-state index contributed by atoms with van der Waals surface area (Å²) in [5.74, 6) is 1.90. The maximum Gasteiger partial charge on any atom is 0.164 e. The third-order valence-electron chi connectivity index (χ3n) is 10.8. The molecule has 0 saturated carbocycles. The van der Waals surface area contributed by atoms with Gasteiger partial charge in [0, 0.05) is 32.8 Å². The fourth-order valence-corrected chi connectivity index (χ4v) is 8.39. The molecule has 4 heteroatoms. The van der Waals surface area contributed by atoms with Crippen molar-refractivity contribution in [3.63, 3.8) is 0 Å². The second kappa shape index (κ2) is 12.6. The molecule has 0 fully saturated rings. The smallest absolute Gasteiger partial charge is 0.164 e. The molecule has 55 heavy (non-hydrogen) atoms. The molecule has 4 nitrogen and oxygen atoms in total. The van der Waals surface area contributed by atoms with Crippen molar-refractivity contribution in [2.24, 2.45) is 0 Å². The molecule has 0 spiro atoms. The summed E-state index contributed by atoms with van der Waals surface area (Å²) in [6, 6.07) is 68.7. The van der Waals surface area contributed by atoms with Gasteiger partial charge < -0.3 is 4.57 Å². The van der Waals surface area contributed by atoms with E-state index in [1.54, 1.807) is 0 Å². The normalized spacial score (nSPS) is 11.6. The number of nitrogens with zero attached hydrogens (tertiary/aromatic N) is 4. The average Bonchev–Trinajstić information content (AvgIpc) is 3.61. The summed E-state index contributed by atoms with van der Waals surface area (Å²) in [6.45, 7) is 0. The van der Waals surface area contributed by atoms with Gasteiger partial charge in [-0.2, -0.15) is 0 Å². The zero-order valence-corrected chi connectivity index (χ0v) is 29.8. The highest BCUT2D eigenvalue weighted by Gasteiger charge is 2.22. The highest BCUT2D eigenvalue weighted by Crippen LogP contribution is 2.44. The van der Waals surface area contributed by atoms with Crippen molar-refractivity contribution in [3.8, 4) is 51.0 Å². The molecule has 0 radical (unpaired) electrons. The first-order chi connectivity index (χ1) is 27.3. The van der Waals surface area contributed by atoms with Crippen LogP contribution >= 0.6 is 0 Å². The number of para-hydroxylation sites is 1. The molecular weight excluding hydrogens is 669 g/mol. The van der Waals surface area contributed by atoms with E-state index in [-0.39, 0.29) is 0 Å². The molecule has 0 atom stereocenters. The molecule has 0 aliphatic rings. The maximum absolute atomic E-state index is 5.22. The Morgan fingerprint density at radius 1 is 0.291 bits per heavy atom. The van der Waals surface area contributed by atoms with Gasteiger partial charge in [0.25, 0.3) is 0 Å². The lowest BCUT2D eigenvalue weighted by molar-refractivity contribution is 1.07. The van der Waals surface area contributed by atoms with Crippen LogP contribution in [0.4, 0.5) is 0 Å². The molecule has 0 N–H and O–H groups in total. The highest BCUT2D eigenvalue weighted by atomic mass is 15.0. The molecule has 0 aliphatic heterocycles. The van der Waals surface area contributed by atoms with Crippen LogP contribution in [-0.4, -0.2) is 19.5 Å². The van der Waals surface area contributed by atoms with E-state index in [0.717, 1.165) is 38.8 Å². The molecule has 0 bridgehead atoms. The summed E-state index contributed by atoms with van der Waals surface area (Å²) in [4.78, 5) is 15.5. The maximum atomic E-state index is 5.22. The predicted octanol–water partition coefficient (Wildman–Crippen LogP) is 13.1. The molecule has 256 valence electrons. The molecular formula is C51H32N4. The lowest BCUT2D eigenvalue weighted by Gasteiger charge is -2.18. The Hall–Kier alpha value is -7.43. The first-order valence-corrected chi connectivity index (χ1v) is 18.6. The summed E-state index contributed by atoms with van der Waals surface area (Å²) in [6.07, 6.45) is 0. The van der Waals surface area contributed by atoms with Crippen LogP contribution in [0.5, 0.6) is 0 Å². The number of benzene rings is 9. The van der Waals surface area contributed by atoms with Crippen molar-refractivity contribution in [3.05, 3.63) is 194 Å². The second-order valence-electron chi connectivity index (χ2n) is 14.0. The van der Waals surface area contributed by atoms with Crippen LogP contribution in [0.2, 0.25) is 0 Å². The van der Waals surface area contributed by atoms with Gasteiger partial charge in [-0.05, 0) is 62.3 Å². The Kier molecular flexibility index (Phi) is 7.14. The Labute approximate surface area is 317 Å². The topological polar surface area (TPSA) is 43.6 Å². The van der Waals surface area contributed by atoms with E-state index in [9.17, 15) is 0 Å². The third kappa shape index (κ3) is 5.03. The van der Waals surface area contributed by atoms with E-state index in [4.69, 9.17) is 15.0 Å². The van der Waals surface area contributed by atoms with E-state index in [1.165, 1.54) is 48.8 Å². The van der Waals surface area contributed by atoms with Crippen molar-refractivity contribution in [1.29, 1.82) is 0 Å². The summed E-state index contributed by atoms with van der Waals surface area (Å²) in [7, 11) is 0. The van der Waals surface area contributed by atoms with Crippen molar-refractivity contribution < 1.29 is 0 Å². The van der Waals surface area contributed by atoms with Gasteiger partial charge in [0.05, 0.1) is 16.7 Å². The molecule has 2 heterocycles. The fourth-order valence-electron chi connectivity index (χ4n) is 8.39. The quantitative estimate of drug-likeness (QED) is 0.168. The lowest BCUT2D eigenvalue weighted by Crippen LogP contribution is -2.02. The van der Waals surface area contributed by atoms with Gasteiger partial charge in [0.15, 0.2) is 17.5 Å². The minimum absolute atomic E-state index is 0.624. The Morgan fingerprint density at radius 2 is 0.745 bits per heavy atom. The number of aromatic nitrogens is 4. The average molecular weight is 701 g/mol. The monoisotopic (exact) mass is 700 g/mol. The zero-order valence-electron chi connectivity index (χ0n) is 29.8. The minimum Gasteiger partial charge on any atom is -0.309 e. The van der Waals surface area contributed by atoms with Gasteiger partial charge in [0.1, 0.15) is 0 Å². The number of hydrogen-bond acceptors (Lipinski definition) is 3. The van der Waals surface area contributed by atoms with Crippen molar-refractivity contribution >= 4 is 54.1 Å². The molecule has 11 aromatic rings. The van der Waals surface area contributed by atoms with Gasteiger partial charge in [-0.3, -0.25) is 0 Å². The van der Waals surface area contributed by atoms with Crippen LogP contribution in [0.15, 0.2) is 194 Å². The van der Waals surface area contributed by atoms with Crippen LogP contribution < -0.4 is 0 Å². The van der Waals surface area contributed by atoms with E-state index >= 15 is 0 Å². The number of fused-ring (bicyclic) bond motifs is 9. The number of hydrogen-bond donors (Lipinski definition) is 0. The van der Waals surface area contributed by atoms with Gasteiger partial charge in [-0.15, -0.1) is 0 Å². The largest absolute Gasteiger partial charge is 0.309 e. The fraction of sp³-hybridized carbons (Fsp3) is 0. The summed E-state index contributed by atoms with van der Waals surface area (Å²) in [5.41, 5.74) is 8.57. The van der Waals surface area contributed by atoms with Gasteiger partial charge in [-0.25, -0.2) is 15.0 Å². The van der Waals surface area contributed by atoms with E-state index in [1.807, 2.05) is 36.4 Å². The van der Waals surface area contributed by atoms with Crippen molar-refractivity contribution in [1.82, 2.24) is 19.5 Å². The third-order valence-corrected chi connectivity index (χ3v) is 10.8. The Bertz CT molecular complexity index is 3180. The summed E-state index contributed by atoms with van der Waals surface area (Å²) >= 11 is 0. The van der Waals surface area contributed by atoms with Crippen molar-refractivity contribution in [2.45, 2.75) is 0 Å². The zero-order chi connectivity index (χ0) is 36.3. The van der Waals surface area contributed by atoms with Crippen LogP contribution in [0.1, 0.15) is 0 Å². The number of rotatable bonds is 5. The Balaban J connectivity index is 1.31. The van der Waals surface area contributed by atoms with E-state index < -0.39 is 0 Å². The second-order valence-corrected chi connectivity index (χ2v) is 14.0. The molecule has 9 aromatic carbocycles. The van der Waals surface area contributed by atoms with E-state index in [0.29, 0.717) is 17.5 Å². The van der Waals surface area contributed by atoms with Crippen LogP contribution in [0, 0.1) is 0 Å². The predicted molar refractivity (Wildman–Crippen MR) is 228 cm³/mol. The van der Waals surface area contributed by atoms with Crippen LogP contribution in [-0.2, 0) is 0 Å². The first kappa shape index (κ1) is 31.1. The van der Waals surface area contributed by atoms with E-state index in [2.05, 4.69) is 162 Å². The molecule has 11 rings (SSSR count). The molecule has 0 saturated heterocycles. The van der Waals surface area contributed by atoms with Crippen molar-refractivity contribution in [2.75, 3.05) is 0 Å². The molecule has 0 amide bonds. The van der Waals surface area contributed by atoms with Crippen LogP contribution in [0.25, 0.3) is 105 Å². The summed E-state index contributed by atoms with van der Waals surface area (Å²) < 4.78 is 2.46. The lowest BCUT2D eigenvalue weighted by atomic mass is 9.91. The highest BCUT2D eigenvalue weighted by molar-refractivity contribution is 6.28. The Morgan fingerprint density at radius 3 is 1.36 bits per heavy atom. The first-order valence-electron chi connectivity index (χ1n) is 18.6. The standard InChI is InChI=1S/C51H32N4/c1-4-17-33(18-5-1)37-28-16-30-45-47(37)42-27-14-15-29-44(42)55(45)46-32-36(31-43-40-25-11-10-23-38(40)39-24-12-13-26-41(39)48(43)46)51-53-49(34-19-6-2-7-20-34)52-50(54-51)35-21-8-3-9-22-35/h1-32H.